The molecule has 0 aliphatic heterocycles. The molecule has 5 heteroatoms. The fourth-order valence-corrected chi connectivity index (χ4v) is 3.56. The second-order valence-electron chi connectivity index (χ2n) is 8.22. The summed E-state index contributed by atoms with van der Waals surface area (Å²) in [5.41, 5.74) is 0.649. The number of aryl methyl sites for hydroxylation is 1. The Morgan fingerprint density at radius 1 is 0.710 bits per heavy atom. The van der Waals surface area contributed by atoms with Crippen LogP contribution in [0.4, 0.5) is 0 Å². The average molecular weight is 432 g/mol. The van der Waals surface area contributed by atoms with Gasteiger partial charge in [-0.3, -0.25) is 4.79 Å². The first-order valence-corrected chi connectivity index (χ1v) is 12.2. The third kappa shape index (κ3) is 7.48. The first-order valence-electron chi connectivity index (χ1n) is 12.2. The van der Waals surface area contributed by atoms with Crippen molar-refractivity contribution in [3.8, 4) is 17.2 Å². The summed E-state index contributed by atoms with van der Waals surface area (Å²) in [5, 5.41) is 0.889. The lowest BCUT2D eigenvalue weighted by Crippen LogP contribution is -2.21. The fraction of sp³-hybridized carbons (Fsp3) is 0.654. The van der Waals surface area contributed by atoms with Gasteiger partial charge >= 0.3 is 0 Å². The molecule has 0 saturated heterocycles. The average Bonchev–Trinajstić information content (AvgIpc) is 2.78. The smallest absolute Gasteiger partial charge is 0.297 e. The van der Waals surface area contributed by atoms with Crippen molar-refractivity contribution in [3.63, 3.8) is 0 Å². The summed E-state index contributed by atoms with van der Waals surface area (Å²) >= 11 is 0. The van der Waals surface area contributed by atoms with Crippen LogP contribution in [-0.4, -0.2) is 24.4 Å². The summed E-state index contributed by atoms with van der Waals surface area (Å²) in [6.07, 6.45) is 11.0. The van der Waals surface area contributed by atoms with Crippen LogP contribution in [0, 0.1) is 0 Å². The molecule has 5 nitrogen and oxygen atoms in total. The first kappa shape index (κ1) is 25.1. The molecule has 0 spiro atoms. The lowest BCUT2D eigenvalue weighted by molar-refractivity contribution is 0.258. The maximum atomic E-state index is 13.1. The first-order chi connectivity index (χ1) is 15.1. The van der Waals surface area contributed by atoms with Crippen LogP contribution in [0.1, 0.15) is 85.0 Å². The molecule has 0 radical (unpaired) electrons. The Morgan fingerprint density at radius 2 is 1.29 bits per heavy atom. The van der Waals surface area contributed by atoms with Crippen molar-refractivity contribution >= 4 is 10.9 Å². The van der Waals surface area contributed by atoms with E-state index in [1.165, 1.54) is 32.1 Å². The van der Waals surface area contributed by atoms with E-state index < -0.39 is 0 Å². The number of fused-ring (bicyclic) bond motifs is 1. The van der Waals surface area contributed by atoms with E-state index in [0.29, 0.717) is 31.3 Å². The van der Waals surface area contributed by atoms with Crippen LogP contribution >= 0.6 is 0 Å². The molecule has 174 valence electrons. The Kier molecular flexibility index (Phi) is 11.3. The number of benzene rings is 1. The maximum absolute atomic E-state index is 13.1. The van der Waals surface area contributed by atoms with Crippen LogP contribution in [0.15, 0.2) is 23.0 Å². The summed E-state index contributed by atoms with van der Waals surface area (Å²) in [7, 11) is 1.79. The number of unbranched alkanes of at least 4 members (excludes halogenated alkanes) is 7. The minimum Gasteiger partial charge on any atom is -0.494 e. The van der Waals surface area contributed by atoms with Gasteiger partial charge in [0, 0.05) is 18.5 Å². The highest BCUT2D eigenvalue weighted by molar-refractivity contribution is 5.89. The molecule has 0 saturated carbocycles. The monoisotopic (exact) mass is 431 g/mol. The molecule has 0 amide bonds. The molecule has 1 aromatic carbocycles. The molecule has 2 rings (SSSR count). The lowest BCUT2D eigenvalue weighted by Gasteiger charge is -2.17. The van der Waals surface area contributed by atoms with Gasteiger partial charge in [0.15, 0.2) is 5.75 Å². The van der Waals surface area contributed by atoms with E-state index in [2.05, 4.69) is 20.8 Å². The molecular formula is C26H41NO4. The van der Waals surface area contributed by atoms with E-state index in [-0.39, 0.29) is 5.56 Å². The van der Waals surface area contributed by atoms with E-state index in [1.807, 2.05) is 18.2 Å². The molecular weight excluding hydrogens is 390 g/mol. The van der Waals surface area contributed by atoms with Crippen molar-refractivity contribution < 1.29 is 14.2 Å². The zero-order chi connectivity index (χ0) is 22.5. The normalized spacial score (nSPS) is 11.1. The SMILES string of the molecule is CCCCCCOc1ccc2c(OCCCC)c(OCCCCCC)c(=O)n(C)c2c1. The second-order valence-corrected chi connectivity index (χ2v) is 8.22. The van der Waals surface area contributed by atoms with E-state index in [1.54, 1.807) is 11.6 Å². The minimum absolute atomic E-state index is 0.158. The second kappa shape index (κ2) is 14.0. The highest BCUT2D eigenvalue weighted by atomic mass is 16.5. The van der Waals surface area contributed by atoms with Crippen molar-refractivity contribution in [2.24, 2.45) is 7.05 Å². The predicted octanol–water partition coefficient (Wildman–Crippen LogP) is 6.64. The minimum atomic E-state index is -0.158. The van der Waals surface area contributed by atoms with Crippen LogP contribution in [0.25, 0.3) is 10.9 Å². The number of ether oxygens (including phenoxy) is 3. The third-order valence-corrected chi connectivity index (χ3v) is 5.54. The van der Waals surface area contributed by atoms with E-state index in [0.717, 1.165) is 48.8 Å². The van der Waals surface area contributed by atoms with Crippen LogP contribution < -0.4 is 19.8 Å². The summed E-state index contributed by atoms with van der Waals surface area (Å²) in [4.78, 5) is 13.1. The lowest BCUT2D eigenvalue weighted by atomic mass is 10.1. The summed E-state index contributed by atoms with van der Waals surface area (Å²) in [6.45, 7) is 8.31. The van der Waals surface area contributed by atoms with Gasteiger partial charge in [-0.2, -0.15) is 0 Å². The molecule has 0 fully saturated rings. The van der Waals surface area contributed by atoms with E-state index in [9.17, 15) is 4.79 Å². The van der Waals surface area contributed by atoms with Gasteiger partial charge in [-0.15, -0.1) is 0 Å². The number of nitrogens with zero attached hydrogens (tertiary/aromatic N) is 1. The standard InChI is InChI=1S/C26H41NO4/c1-5-8-11-13-18-29-21-15-16-22-23(20-21)27(4)26(28)25(24(22)30-17-10-7-3)31-19-14-12-9-6-2/h15-16,20H,5-14,17-19H2,1-4H3. The van der Waals surface area contributed by atoms with E-state index in [4.69, 9.17) is 14.2 Å². The molecule has 0 N–H and O–H groups in total. The van der Waals surface area contributed by atoms with Crippen molar-refractivity contribution in [2.75, 3.05) is 19.8 Å². The third-order valence-electron chi connectivity index (χ3n) is 5.54. The highest BCUT2D eigenvalue weighted by Gasteiger charge is 2.19. The number of hydrogen-bond acceptors (Lipinski definition) is 4. The van der Waals surface area contributed by atoms with Crippen LogP contribution in [-0.2, 0) is 7.05 Å². The topological polar surface area (TPSA) is 49.7 Å². The van der Waals surface area contributed by atoms with Crippen molar-refractivity contribution in [1.82, 2.24) is 4.57 Å². The summed E-state index contributed by atoms with van der Waals surface area (Å²) in [5.74, 6) is 1.68. The molecule has 0 bridgehead atoms. The van der Waals surface area contributed by atoms with Gasteiger partial charge in [-0.1, -0.05) is 65.7 Å². The number of aromatic nitrogens is 1. The number of pyridine rings is 1. The summed E-state index contributed by atoms with van der Waals surface area (Å²) in [6, 6.07) is 5.89. The Balaban J connectivity index is 2.28. The predicted molar refractivity (Wildman–Crippen MR) is 129 cm³/mol. The molecule has 2 aromatic rings. The van der Waals surface area contributed by atoms with Gasteiger partial charge in [0.05, 0.1) is 25.3 Å². The largest absolute Gasteiger partial charge is 0.494 e. The maximum Gasteiger partial charge on any atom is 0.297 e. The van der Waals surface area contributed by atoms with Crippen LogP contribution in [0.5, 0.6) is 17.2 Å². The van der Waals surface area contributed by atoms with Gasteiger partial charge in [-0.05, 0) is 31.4 Å². The Morgan fingerprint density at radius 3 is 1.94 bits per heavy atom. The molecule has 1 heterocycles. The Bertz CT molecular complexity index is 843. The summed E-state index contributed by atoms with van der Waals surface area (Å²) < 4.78 is 19.7. The zero-order valence-corrected chi connectivity index (χ0v) is 20.0. The van der Waals surface area contributed by atoms with Gasteiger partial charge in [0.2, 0.25) is 5.75 Å². The Hall–Kier alpha value is -2.17. The molecule has 0 aliphatic rings. The van der Waals surface area contributed by atoms with Gasteiger partial charge in [-0.25, -0.2) is 0 Å². The quantitative estimate of drug-likeness (QED) is 0.280. The Labute approximate surface area is 187 Å². The van der Waals surface area contributed by atoms with Crippen molar-refractivity contribution in [3.05, 3.63) is 28.6 Å². The van der Waals surface area contributed by atoms with Crippen LogP contribution in [0.3, 0.4) is 0 Å². The zero-order valence-electron chi connectivity index (χ0n) is 20.0. The van der Waals surface area contributed by atoms with Crippen molar-refractivity contribution in [1.29, 1.82) is 0 Å². The molecule has 0 aliphatic carbocycles. The molecule has 1 aromatic heterocycles. The van der Waals surface area contributed by atoms with Gasteiger partial charge in [0.1, 0.15) is 5.75 Å². The molecule has 0 atom stereocenters. The number of rotatable bonds is 16. The molecule has 31 heavy (non-hydrogen) atoms. The highest BCUT2D eigenvalue weighted by Crippen LogP contribution is 2.34. The fourth-order valence-electron chi connectivity index (χ4n) is 3.56. The molecule has 0 unspecified atom stereocenters. The van der Waals surface area contributed by atoms with Gasteiger partial charge in [0.25, 0.3) is 5.56 Å². The van der Waals surface area contributed by atoms with Crippen LogP contribution in [0.2, 0.25) is 0 Å². The van der Waals surface area contributed by atoms with E-state index >= 15 is 0 Å². The van der Waals surface area contributed by atoms with Crippen molar-refractivity contribution in [2.45, 2.75) is 85.0 Å². The number of hydrogen-bond donors (Lipinski definition) is 0. The van der Waals surface area contributed by atoms with Gasteiger partial charge < -0.3 is 18.8 Å².